The average molecular weight is 659 g/mol. The molecule has 6 aliphatic rings. The number of aliphatic carboxylic acids is 1. The summed E-state index contributed by atoms with van der Waals surface area (Å²) in [7, 11) is 0. The molecule has 2 heterocycles. The summed E-state index contributed by atoms with van der Waals surface area (Å²) in [4.78, 5) is 41.4. The van der Waals surface area contributed by atoms with Gasteiger partial charge in [-0.15, -0.1) is 0 Å². The number of halogens is 3. The van der Waals surface area contributed by atoms with Crippen molar-refractivity contribution >= 4 is 46.7 Å². The van der Waals surface area contributed by atoms with Crippen LogP contribution in [0, 0.1) is 16.6 Å². The van der Waals surface area contributed by atoms with Crippen LogP contribution in [0.2, 0.25) is 10.0 Å². The quantitative estimate of drug-likeness (QED) is 0.286. The molecule has 8 nitrogen and oxygen atoms in total. The molecule has 5 fully saturated rings. The molecule has 2 aliphatic heterocycles. The Morgan fingerprint density at radius 2 is 1.64 bits per heavy atom. The van der Waals surface area contributed by atoms with E-state index < -0.39 is 51.3 Å². The molecule has 3 atom stereocenters. The van der Waals surface area contributed by atoms with Gasteiger partial charge in [0.15, 0.2) is 0 Å². The first-order valence-electron chi connectivity index (χ1n) is 15.8. The van der Waals surface area contributed by atoms with Crippen LogP contribution in [-0.4, -0.2) is 50.7 Å². The molecule has 8 rings (SSSR count). The maximum absolute atomic E-state index is 16.2. The van der Waals surface area contributed by atoms with E-state index in [2.05, 4.69) is 16.0 Å². The van der Waals surface area contributed by atoms with Gasteiger partial charge in [0.2, 0.25) is 11.8 Å². The highest BCUT2D eigenvalue weighted by atomic mass is 35.5. The number of carbonyl (C=O) groups is 3. The number of hydrogen-bond donors (Lipinski definition) is 5. The summed E-state index contributed by atoms with van der Waals surface area (Å²) in [6, 6.07) is 9.02. The second kappa shape index (κ2) is 10.4. The standard InChI is InChI=1S/C34H38Cl2FN3O5/c1-30(45)7-15-33(16-8-30)34(18-19-5-6-20(35)17-23(19)38-28(34)42)24(21-3-2-4-22(36)25(21)37)26(39-33)27(41)40-32-12-9-31(10-13-32,11-14-32)29(43)44/h2-6,17,24,26,39,45H,7-16,18H2,1H3,(H,38,42)(H,40,41)(H,43,44)/t24-,26+,30?,31?,32?,33?,34+/m0/s1. The number of hydrogen-bond acceptors (Lipinski definition) is 5. The van der Waals surface area contributed by atoms with Gasteiger partial charge in [0.05, 0.1) is 27.5 Å². The van der Waals surface area contributed by atoms with Crippen molar-refractivity contribution in [1.29, 1.82) is 0 Å². The Labute approximate surface area is 271 Å². The fourth-order valence-corrected chi connectivity index (χ4v) is 9.78. The van der Waals surface area contributed by atoms with Crippen molar-refractivity contribution < 1.29 is 29.0 Å². The molecule has 2 aromatic carbocycles. The van der Waals surface area contributed by atoms with Gasteiger partial charge in [-0.1, -0.05) is 41.4 Å². The van der Waals surface area contributed by atoms with Gasteiger partial charge in [0, 0.05) is 27.7 Å². The summed E-state index contributed by atoms with van der Waals surface area (Å²) >= 11 is 12.6. The highest BCUT2D eigenvalue weighted by Gasteiger charge is 2.71. The lowest BCUT2D eigenvalue weighted by atomic mass is 9.53. The Hall–Kier alpha value is -2.72. The molecule has 0 aromatic heterocycles. The third kappa shape index (κ3) is 4.63. The first kappa shape index (κ1) is 30.9. The van der Waals surface area contributed by atoms with Gasteiger partial charge in [-0.2, -0.15) is 0 Å². The van der Waals surface area contributed by atoms with E-state index in [0.717, 1.165) is 5.56 Å². The van der Waals surface area contributed by atoms with E-state index in [4.69, 9.17) is 23.2 Å². The minimum atomic E-state index is -1.31. The molecule has 11 heteroatoms. The van der Waals surface area contributed by atoms with Crippen molar-refractivity contribution in [2.24, 2.45) is 10.8 Å². The molecule has 4 aliphatic carbocycles. The number of nitrogens with one attached hydrogen (secondary N) is 3. The van der Waals surface area contributed by atoms with Crippen LogP contribution < -0.4 is 16.0 Å². The van der Waals surface area contributed by atoms with Gasteiger partial charge in [0.25, 0.3) is 0 Å². The average Bonchev–Trinajstić information content (AvgIpc) is 3.28. The van der Waals surface area contributed by atoms with E-state index in [-0.39, 0.29) is 28.8 Å². The maximum atomic E-state index is 16.2. The number of anilines is 1. The van der Waals surface area contributed by atoms with Crippen LogP contribution in [0.1, 0.15) is 88.2 Å². The molecule has 0 unspecified atom stereocenters. The third-order valence-electron chi connectivity index (χ3n) is 12.2. The number of amides is 2. The van der Waals surface area contributed by atoms with Crippen LogP contribution in [-0.2, 0) is 20.8 Å². The predicted molar refractivity (Wildman–Crippen MR) is 168 cm³/mol. The van der Waals surface area contributed by atoms with E-state index in [0.29, 0.717) is 74.9 Å². The molecular weight excluding hydrogens is 620 g/mol. The monoisotopic (exact) mass is 657 g/mol. The molecule has 2 bridgehead atoms. The van der Waals surface area contributed by atoms with Crippen LogP contribution in [0.5, 0.6) is 0 Å². The van der Waals surface area contributed by atoms with Gasteiger partial charge >= 0.3 is 5.97 Å². The number of benzene rings is 2. The summed E-state index contributed by atoms with van der Waals surface area (Å²) in [5.74, 6) is -3.06. The number of fused-ring (bicyclic) bond motifs is 5. The zero-order valence-corrected chi connectivity index (χ0v) is 26.7. The summed E-state index contributed by atoms with van der Waals surface area (Å²) in [5, 5.41) is 31.3. The topological polar surface area (TPSA) is 128 Å². The van der Waals surface area contributed by atoms with Gasteiger partial charge in [-0.05, 0) is 107 Å². The molecule has 45 heavy (non-hydrogen) atoms. The molecule has 2 aromatic rings. The van der Waals surface area contributed by atoms with Crippen molar-refractivity contribution in [1.82, 2.24) is 10.6 Å². The van der Waals surface area contributed by atoms with E-state index in [1.807, 2.05) is 6.07 Å². The Bertz CT molecular complexity index is 1580. The summed E-state index contributed by atoms with van der Waals surface area (Å²) in [6.45, 7) is 1.78. The fraction of sp³-hybridized carbons (Fsp3) is 0.559. The number of aliphatic hydroxyl groups is 1. The SMILES string of the molecule is CC1(O)CCC2(CC1)N[C@@H](C(=O)NC13CCC(C(=O)O)(CC1)CC3)[C@H](c1cccc(Cl)c1F)[C@@]21Cc2ccc(Cl)cc2NC1=O. The van der Waals surface area contributed by atoms with Gasteiger partial charge in [0.1, 0.15) is 5.82 Å². The molecular formula is C34H38Cl2FN3O5. The molecule has 5 N–H and O–H groups in total. The zero-order chi connectivity index (χ0) is 32.0. The Balaban J connectivity index is 1.35. The molecule has 240 valence electrons. The Morgan fingerprint density at radius 3 is 2.29 bits per heavy atom. The molecule has 4 saturated carbocycles. The number of carboxylic acids is 1. The van der Waals surface area contributed by atoms with Crippen LogP contribution >= 0.6 is 23.2 Å². The lowest BCUT2D eigenvalue weighted by Crippen LogP contribution is -2.64. The summed E-state index contributed by atoms with van der Waals surface area (Å²) in [6.07, 6.45) is 4.88. The van der Waals surface area contributed by atoms with Gasteiger partial charge in [-0.25, -0.2) is 4.39 Å². The van der Waals surface area contributed by atoms with E-state index in [1.54, 1.807) is 31.2 Å². The minimum absolute atomic E-state index is 0.0964. The molecule has 1 saturated heterocycles. The van der Waals surface area contributed by atoms with Gasteiger partial charge < -0.3 is 20.8 Å². The summed E-state index contributed by atoms with van der Waals surface area (Å²) in [5.41, 5.74) is -2.92. The third-order valence-corrected chi connectivity index (χ3v) is 12.7. The maximum Gasteiger partial charge on any atom is 0.309 e. The highest BCUT2D eigenvalue weighted by Crippen LogP contribution is 2.62. The Kier molecular flexibility index (Phi) is 7.14. The highest BCUT2D eigenvalue weighted by molar-refractivity contribution is 6.31. The second-order valence-corrected chi connectivity index (χ2v) is 15.4. The van der Waals surface area contributed by atoms with E-state index in [1.165, 1.54) is 6.07 Å². The van der Waals surface area contributed by atoms with Crippen molar-refractivity contribution in [2.45, 2.75) is 106 Å². The van der Waals surface area contributed by atoms with Gasteiger partial charge in [-0.3, -0.25) is 19.7 Å². The Morgan fingerprint density at radius 1 is 0.978 bits per heavy atom. The largest absolute Gasteiger partial charge is 0.481 e. The normalized spacial score (nSPS) is 38.6. The molecule has 2 amide bonds. The fourth-order valence-electron chi connectivity index (χ4n) is 9.42. The zero-order valence-electron chi connectivity index (χ0n) is 25.2. The first-order valence-corrected chi connectivity index (χ1v) is 16.6. The number of rotatable bonds is 4. The smallest absolute Gasteiger partial charge is 0.309 e. The lowest BCUT2D eigenvalue weighted by molar-refractivity contribution is -0.157. The summed E-state index contributed by atoms with van der Waals surface area (Å²) < 4.78 is 16.2. The first-order chi connectivity index (χ1) is 21.2. The van der Waals surface area contributed by atoms with Crippen molar-refractivity contribution in [3.8, 4) is 0 Å². The molecule has 0 radical (unpaired) electrons. The van der Waals surface area contributed by atoms with Crippen molar-refractivity contribution in [3.05, 3.63) is 63.4 Å². The number of carbonyl (C=O) groups excluding carboxylic acids is 2. The van der Waals surface area contributed by atoms with Crippen LogP contribution in [0.25, 0.3) is 0 Å². The van der Waals surface area contributed by atoms with Crippen molar-refractivity contribution in [2.75, 3.05) is 5.32 Å². The van der Waals surface area contributed by atoms with Crippen LogP contribution in [0.4, 0.5) is 10.1 Å². The van der Waals surface area contributed by atoms with E-state index >= 15 is 4.39 Å². The van der Waals surface area contributed by atoms with Crippen molar-refractivity contribution in [3.63, 3.8) is 0 Å². The molecule has 2 spiro atoms. The lowest BCUT2D eigenvalue weighted by Gasteiger charge is -2.53. The number of carboxylic acid groups (broad SMARTS) is 1. The minimum Gasteiger partial charge on any atom is -0.481 e. The van der Waals surface area contributed by atoms with E-state index in [9.17, 15) is 24.6 Å². The predicted octanol–water partition coefficient (Wildman–Crippen LogP) is 5.73. The van der Waals surface area contributed by atoms with Crippen LogP contribution in [0.3, 0.4) is 0 Å². The second-order valence-electron chi connectivity index (χ2n) is 14.6. The van der Waals surface area contributed by atoms with Crippen LogP contribution in [0.15, 0.2) is 36.4 Å².